The van der Waals surface area contributed by atoms with Crippen LogP contribution in [0.2, 0.25) is 0 Å². The zero-order chi connectivity index (χ0) is 14.2. The van der Waals surface area contributed by atoms with Gasteiger partial charge in [-0.25, -0.2) is 0 Å². The molecule has 0 aromatic heterocycles. The van der Waals surface area contributed by atoms with Gasteiger partial charge in [0.05, 0.1) is 7.11 Å². The number of hydrogen-bond donors (Lipinski definition) is 1. The molecule has 2 aromatic carbocycles. The Labute approximate surface area is 120 Å². The Morgan fingerprint density at radius 2 is 1.75 bits per heavy atom. The Bertz CT molecular complexity index is 513. The highest BCUT2D eigenvalue weighted by Gasteiger charge is 2.09. The van der Waals surface area contributed by atoms with Crippen LogP contribution in [0.3, 0.4) is 0 Å². The van der Waals surface area contributed by atoms with Crippen LogP contribution >= 0.6 is 0 Å². The molecular weight excluding hydrogens is 250 g/mol. The molecule has 0 radical (unpaired) electrons. The second-order valence-corrected chi connectivity index (χ2v) is 4.67. The second kappa shape index (κ2) is 7.56. The molecule has 2 rings (SSSR count). The predicted octanol–water partition coefficient (Wildman–Crippen LogP) is 2.90. The first-order chi connectivity index (χ1) is 9.81. The normalized spacial score (nSPS) is 11.9. The van der Waals surface area contributed by atoms with E-state index in [1.54, 1.807) is 7.11 Å². The van der Waals surface area contributed by atoms with Gasteiger partial charge in [-0.15, -0.1) is 0 Å². The molecule has 0 bridgehead atoms. The van der Waals surface area contributed by atoms with E-state index in [1.165, 1.54) is 5.56 Å². The lowest BCUT2D eigenvalue weighted by Gasteiger charge is -2.17. The molecule has 0 aliphatic rings. The highest BCUT2D eigenvalue weighted by molar-refractivity contribution is 5.29. The summed E-state index contributed by atoms with van der Waals surface area (Å²) in [6.45, 7) is 0.637. The number of methoxy groups -OCH3 is 1. The summed E-state index contributed by atoms with van der Waals surface area (Å²) in [7, 11) is 3.65. The average molecular weight is 271 g/mol. The van der Waals surface area contributed by atoms with Crippen molar-refractivity contribution in [3.63, 3.8) is 0 Å². The summed E-state index contributed by atoms with van der Waals surface area (Å²) in [4.78, 5) is 0. The third-order valence-corrected chi connectivity index (χ3v) is 3.22. The number of para-hydroxylation sites is 1. The number of nitrogens with one attached hydrogen (secondary N) is 1. The van der Waals surface area contributed by atoms with E-state index in [0.717, 1.165) is 17.9 Å². The number of rotatable bonds is 7. The summed E-state index contributed by atoms with van der Waals surface area (Å²) in [5.41, 5.74) is 1.24. The summed E-state index contributed by atoms with van der Waals surface area (Å²) < 4.78 is 11.0. The fraction of sp³-hybridized carbons (Fsp3) is 0.294. The van der Waals surface area contributed by atoms with E-state index in [0.29, 0.717) is 6.61 Å². The molecule has 0 saturated carbocycles. The number of benzene rings is 2. The van der Waals surface area contributed by atoms with E-state index in [-0.39, 0.29) is 6.04 Å². The number of hydrogen-bond acceptors (Lipinski definition) is 3. The van der Waals surface area contributed by atoms with Crippen LogP contribution in [0.1, 0.15) is 5.56 Å². The molecule has 0 heterocycles. The van der Waals surface area contributed by atoms with Gasteiger partial charge < -0.3 is 14.8 Å². The Morgan fingerprint density at radius 3 is 2.45 bits per heavy atom. The maximum atomic E-state index is 5.79. The molecule has 1 N–H and O–H groups in total. The lowest BCUT2D eigenvalue weighted by atomic mass is 10.1. The molecule has 3 nitrogen and oxygen atoms in total. The fourth-order valence-electron chi connectivity index (χ4n) is 2.04. The molecule has 0 aliphatic heterocycles. The largest absolute Gasteiger partial charge is 0.497 e. The molecule has 106 valence electrons. The van der Waals surface area contributed by atoms with Crippen molar-refractivity contribution in [1.82, 2.24) is 5.32 Å². The molecule has 1 unspecified atom stereocenters. The van der Waals surface area contributed by atoms with Crippen LogP contribution in [-0.4, -0.2) is 26.8 Å². The van der Waals surface area contributed by atoms with Crippen molar-refractivity contribution in [3.05, 3.63) is 60.2 Å². The van der Waals surface area contributed by atoms with Crippen molar-refractivity contribution in [1.29, 1.82) is 0 Å². The quantitative estimate of drug-likeness (QED) is 0.840. The Hall–Kier alpha value is -2.00. The van der Waals surface area contributed by atoms with E-state index in [1.807, 2.05) is 49.5 Å². The first-order valence-electron chi connectivity index (χ1n) is 6.80. The van der Waals surface area contributed by atoms with Crippen molar-refractivity contribution in [2.24, 2.45) is 0 Å². The highest BCUT2D eigenvalue weighted by atomic mass is 16.5. The van der Waals surface area contributed by atoms with Crippen LogP contribution < -0.4 is 14.8 Å². The van der Waals surface area contributed by atoms with Gasteiger partial charge in [-0.3, -0.25) is 0 Å². The van der Waals surface area contributed by atoms with Crippen molar-refractivity contribution in [2.45, 2.75) is 12.5 Å². The summed E-state index contributed by atoms with van der Waals surface area (Å²) in [5.74, 6) is 1.79. The minimum atomic E-state index is 0.266. The van der Waals surface area contributed by atoms with Crippen molar-refractivity contribution >= 4 is 0 Å². The molecule has 0 saturated heterocycles. The first kappa shape index (κ1) is 14.4. The molecule has 3 heteroatoms. The smallest absolute Gasteiger partial charge is 0.119 e. The molecule has 1 atom stereocenters. The minimum Gasteiger partial charge on any atom is -0.497 e. The minimum absolute atomic E-state index is 0.266. The average Bonchev–Trinajstić information content (AvgIpc) is 2.52. The fourth-order valence-corrected chi connectivity index (χ4v) is 2.04. The monoisotopic (exact) mass is 271 g/mol. The maximum absolute atomic E-state index is 5.79. The topological polar surface area (TPSA) is 30.5 Å². The van der Waals surface area contributed by atoms with Gasteiger partial charge in [-0.2, -0.15) is 0 Å². The molecule has 0 fully saturated rings. The molecule has 0 amide bonds. The van der Waals surface area contributed by atoms with Crippen LogP contribution in [-0.2, 0) is 6.42 Å². The van der Waals surface area contributed by atoms with E-state index in [9.17, 15) is 0 Å². The summed E-state index contributed by atoms with van der Waals surface area (Å²) in [5, 5.41) is 3.29. The van der Waals surface area contributed by atoms with E-state index in [2.05, 4.69) is 17.4 Å². The standard InChI is InChI=1S/C17H21NO2/c1-18-15(13-20-16-8-4-3-5-9-16)11-14-7-6-10-17(12-14)19-2/h3-10,12,15,18H,11,13H2,1-2H3. The van der Waals surface area contributed by atoms with Gasteiger partial charge in [0.1, 0.15) is 18.1 Å². The summed E-state index contributed by atoms with van der Waals surface area (Å²) >= 11 is 0. The molecule has 0 aliphatic carbocycles. The van der Waals surface area contributed by atoms with Crippen molar-refractivity contribution in [3.8, 4) is 11.5 Å². The van der Waals surface area contributed by atoms with Crippen LogP contribution in [0.4, 0.5) is 0 Å². The first-order valence-corrected chi connectivity index (χ1v) is 6.80. The maximum Gasteiger partial charge on any atom is 0.119 e. The zero-order valence-electron chi connectivity index (χ0n) is 12.0. The third kappa shape index (κ3) is 4.28. The van der Waals surface area contributed by atoms with Crippen LogP contribution in [0.5, 0.6) is 11.5 Å². The predicted molar refractivity (Wildman–Crippen MR) is 81.5 cm³/mol. The Kier molecular flexibility index (Phi) is 5.44. The van der Waals surface area contributed by atoms with Crippen molar-refractivity contribution in [2.75, 3.05) is 20.8 Å². The third-order valence-electron chi connectivity index (χ3n) is 3.22. The van der Waals surface area contributed by atoms with Gasteiger partial charge >= 0.3 is 0 Å². The lowest BCUT2D eigenvalue weighted by molar-refractivity contribution is 0.269. The highest BCUT2D eigenvalue weighted by Crippen LogP contribution is 2.15. The van der Waals surface area contributed by atoms with Gasteiger partial charge in [0, 0.05) is 6.04 Å². The van der Waals surface area contributed by atoms with Crippen LogP contribution in [0, 0.1) is 0 Å². The Balaban J connectivity index is 1.91. The van der Waals surface area contributed by atoms with Gasteiger partial charge in [0.25, 0.3) is 0 Å². The number of ether oxygens (including phenoxy) is 2. The molecule has 20 heavy (non-hydrogen) atoms. The van der Waals surface area contributed by atoms with Gasteiger partial charge in [0.2, 0.25) is 0 Å². The van der Waals surface area contributed by atoms with Crippen LogP contribution in [0.25, 0.3) is 0 Å². The zero-order valence-corrected chi connectivity index (χ0v) is 12.0. The summed E-state index contributed by atoms with van der Waals surface area (Å²) in [6, 6.07) is 18.3. The molecular formula is C17H21NO2. The van der Waals surface area contributed by atoms with Crippen LogP contribution in [0.15, 0.2) is 54.6 Å². The van der Waals surface area contributed by atoms with E-state index >= 15 is 0 Å². The van der Waals surface area contributed by atoms with Gasteiger partial charge in [-0.1, -0.05) is 30.3 Å². The number of likely N-dealkylation sites (N-methyl/N-ethyl adjacent to an activating group) is 1. The van der Waals surface area contributed by atoms with Crippen molar-refractivity contribution < 1.29 is 9.47 Å². The molecule has 2 aromatic rings. The summed E-state index contributed by atoms with van der Waals surface area (Å²) in [6.07, 6.45) is 0.903. The second-order valence-electron chi connectivity index (χ2n) is 4.67. The van der Waals surface area contributed by atoms with E-state index < -0.39 is 0 Å². The SMILES string of the molecule is CNC(COc1ccccc1)Cc1cccc(OC)c1. The molecule has 0 spiro atoms. The van der Waals surface area contributed by atoms with Gasteiger partial charge in [-0.05, 0) is 43.3 Å². The van der Waals surface area contributed by atoms with E-state index in [4.69, 9.17) is 9.47 Å². The lowest BCUT2D eigenvalue weighted by Crippen LogP contribution is -2.33. The van der Waals surface area contributed by atoms with Gasteiger partial charge in [0.15, 0.2) is 0 Å². The Morgan fingerprint density at radius 1 is 1.00 bits per heavy atom.